The standard InChI is InChI=1S/C13H17NO4/c1-13(2,12(15)16-3)11(14)8-4-5-9-10(6-8)18-7-17-9/h4-6,11H,7,14H2,1-3H3. The number of methoxy groups -OCH3 is 1. The minimum absolute atomic E-state index is 0.217. The van der Waals surface area contributed by atoms with Gasteiger partial charge in [-0.25, -0.2) is 0 Å². The maximum Gasteiger partial charge on any atom is 0.313 e. The molecule has 1 unspecified atom stereocenters. The van der Waals surface area contributed by atoms with Crippen LogP contribution >= 0.6 is 0 Å². The molecule has 98 valence electrons. The van der Waals surface area contributed by atoms with Gasteiger partial charge in [-0.1, -0.05) is 6.07 Å². The maximum atomic E-state index is 11.7. The van der Waals surface area contributed by atoms with Gasteiger partial charge in [-0.3, -0.25) is 4.79 Å². The summed E-state index contributed by atoms with van der Waals surface area (Å²) in [5.74, 6) is 1.01. The molecule has 0 amide bonds. The SMILES string of the molecule is COC(=O)C(C)(C)C(N)c1ccc2c(c1)OCO2. The topological polar surface area (TPSA) is 70.8 Å². The lowest BCUT2D eigenvalue weighted by molar-refractivity contribution is -0.152. The first-order valence-electron chi connectivity index (χ1n) is 5.70. The highest BCUT2D eigenvalue weighted by atomic mass is 16.7. The molecule has 1 aromatic carbocycles. The predicted molar refractivity (Wildman–Crippen MR) is 65.3 cm³/mol. The number of ether oxygens (including phenoxy) is 3. The van der Waals surface area contributed by atoms with Gasteiger partial charge < -0.3 is 19.9 Å². The Morgan fingerprint density at radius 1 is 1.39 bits per heavy atom. The van der Waals surface area contributed by atoms with Gasteiger partial charge >= 0.3 is 5.97 Å². The van der Waals surface area contributed by atoms with E-state index in [2.05, 4.69) is 0 Å². The van der Waals surface area contributed by atoms with Crippen molar-refractivity contribution < 1.29 is 19.0 Å². The van der Waals surface area contributed by atoms with Crippen molar-refractivity contribution in [3.05, 3.63) is 23.8 Å². The Labute approximate surface area is 106 Å². The van der Waals surface area contributed by atoms with Crippen molar-refractivity contribution in [2.45, 2.75) is 19.9 Å². The van der Waals surface area contributed by atoms with Crippen molar-refractivity contribution in [3.8, 4) is 11.5 Å². The van der Waals surface area contributed by atoms with E-state index in [-0.39, 0.29) is 12.8 Å². The lowest BCUT2D eigenvalue weighted by Crippen LogP contribution is -2.37. The predicted octanol–water partition coefficient (Wildman–Crippen LogP) is 1.61. The number of carbonyl (C=O) groups excluding carboxylic acids is 1. The van der Waals surface area contributed by atoms with Crippen molar-refractivity contribution in [2.75, 3.05) is 13.9 Å². The summed E-state index contributed by atoms with van der Waals surface area (Å²) in [6, 6.07) is 4.96. The molecule has 1 aromatic rings. The second kappa shape index (κ2) is 4.49. The molecule has 1 heterocycles. The smallest absolute Gasteiger partial charge is 0.313 e. The van der Waals surface area contributed by atoms with E-state index in [1.165, 1.54) is 7.11 Å². The fourth-order valence-corrected chi connectivity index (χ4v) is 1.91. The van der Waals surface area contributed by atoms with E-state index in [9.17, 15) is 4.79 Å². The zero-order valence-corrected chi connectivity index (χ0v) is 10.7. The van der Waals surface area contributed by atoms with E-state index >= 15 is 0 Å². The molecule has 5 nitrogen and oxygen atoms in total. The van der Waals surface area contributed by atoms with Crippen molar-refractivity contribution in [1.82, 2.24) is 0 Å². The third kappa shape index (κ3) is 2.01. The van der Waals surface area contributed by atoms with Crippen LogP contribution in [0.15, 0.2) is 18.2 Å². The number of fused-ring (bicyclic) bond motifs is 1. The average Bonchev–Trinajstić information content (AvgIpc) is 2.83. The summed E-state index contributed by atoms with van der Waals surface area (Å²) in [7, 11) is 1.36. The van der Waals surface area contributed by atoms with Crippen LogP contribution in [0.25, 0.3) is 0 Å². The van der Waals surface area contributed by atoms with Gasteiger partial charge in [-0.05, 0) is 31.5 Å². The first kappa shape index (κ1) is 12.7. The summed E-state index contributed by atoms with van der Waals surface area (Å²) < 4.78 is 15.3. The van der Waals surface area contributed by atoms with Gasteiger partial charge in [0.25, 0.3) is 0 Å². The number of esters is 1. The van der Waals surface area contributed by atoms with Crippen LogP contribution in [-0.2, 0) is 9.53 Å². The molecule has 0 fully saturated rings. The third-order valence-electron chi connectivity index (χ3n) is 3.24. The molecule has 1 atom stereocenters. The summed E-state index contributed by atoms with van der Waals surface area (Å²) >= 11 is 0. The minimum atomic E-state index is -0.803. The van der Waals surface area contributed by atoms with Crippen LogP contribution in [0.1, 0.15) is 25.5 Å². The van der Waals surface area contributed by atoms with E-state index in [0.29, 0.717) is 11.5 Å². The zero-order chi connectivity index (χ0) is 13.3. The van der Waals surface area contributed by atoms with E-state index in [0.717, 1.165) is 5.56 Å². The fraction of sp³-hybridized carbons (Fsp3) is 0.462. The molecule has 18 heavy (non-hydrogen) atoms. The van der Waals surface area contributed by atoms with Crippen LogP contribution in [0.2, 0.25) is 0 Å². The number of benzene rings is 1. The zero-order valence-electron chi connectivity index (χ0n) is 10.7. The number of carbonyl (C=O) groups is 1. The number of hydrogen-bond donors (Lipinski definition) is 1. The second-order valence-electron chi connectivity index (χ2n) is 4.80. The Kier molecular flexibility index (Phi) is 3.17. The van der Waals surface area contributed by atoms with Crippen LogP contribution < -0.4 is 15.2 Å². The Bertz CT molecular complexity index is 470. The highest BCUT2D eigenvalue weighted by molar-refractivity contribution is 5.77. The van der Waals surface area contributed by atoms with Gasteiger partial charge in [0.2, 0.25) is 6.79 Å². The normalized spacial score (nSPS) is 15.3. The minimum Gasteiger partial charge on any atom is -0.469 e. The Hall–Kier alpha value is -1.75. The first-order valence-corrected chi connectivity index (χ1v) is 5.70. The van der Waals surface area contributed by atoms with Gasteiger partial charge in [-0.2, -0.15) is 0 Å². The van der Waals surface area contributed by atoms with Crippen LogP contribution in [0.5, 0.6) is 11.5 Å². The van der Waals surface area contributed by atoms with Crippen molar-refractivity contribution >= 4 is 5.97 Å². The quantitative estimate of drug-likeness (QED) is 0.826. The molecular formula is C13H17NO4. The molecule has 0 aliphatic carbocycles. The summed E-state index contributed by atoms with van der Waals surface area (Å²) in [5.41, 5.74) is 6.16. The highest BCUT2D eigenvalue weighted by Crippen LogP contribution is 2.38. The molecule has 1 aliphatic rings. The van der Waals surface area contributed by atoms with Gasteiger partial charge in [0.05, 0.1) is 12.5 Å². The van der Waals surface area contributed by atoms with E-state index < -0.39 is 11.5 Å². The van der Waals surface area contributed by atoms with E-state index in [1.54, 1.807) is 26.0 Å². The van der Waals surface area contributed by atoms with E-state index in [4.69, 9.17) is 19.9 Å². The van der Waals surface area contributed by atoms with Crippen LogP contribution in [-0.4, -0.2) is 19.9 Å². The molecule has 0 radical (unpaired) electrons. The van der Waals surface area contributed by atoms with Crippen molar-refractivity contribution in [3.63, 3.8) is 0 Å². The van der Waals surface area contributed by atoms with Gasteiger partial charge in [0.1, 0.15) is 0 Å². The number of nitrogens with two attached hydrogens (primary N) is 1. The molecule has 2 N–H and O–H groups in total. The summed E-state index contributed by atoms with van der Waals surface area (Å²) in [6.45, 7) is 3.73. The Morgan fingerprint density at radius 3 is 2.72 bits per heavy atom. The molecule has 5 heteroatoms. The second-order valence-corrected chi connectivity index (χ2v) is 4.80. The number of rotatable bonds is 3. The molecule has 1 aliphatic heterocycles. The fourth-order valence-electron chi connectivity index (χ4n) is 1.91. The molecule has 0 spiro atoms. The molecule has 0 bridgehead atoms. The molecule has 0 saturated carbocycles. The van der Waals surface area contributed by atoms with Gasteiger partial charge in [0, 0.05) is 6.04 Å². The van der Waals surface area contributed by atoms with Crippen molar-refractivity contribution in [2.24, 2.45) is 11.1 Å². The maximum absolute atomic E-state index is 11.7. The molecular weight excluding hydrogens is 234 g/mol. The summed E-state index contributed by atoms with van der Waals surface area (Å²) in [6.07, 6.45) is 0. The summed E-state index contributed by atoms with van der Waals surface area (Å²) in [5, 5.41) is 0. The monoisotopic (exact) mass is 251 g/mol. The lowest BCUT2D eigenvalue weighted by Gasteiger charge is -2.28. The summed E-state index contributed by atoms with van der Waals surface area (Å²) in [4.78, 5) is 11.7. The molecule has 0 aromatic heterocycles. The Balaban J connectivity index is 2.28. The van der Waals surface area contributed by atoms with Crippen LogP contribution in [0.4, 0.5) is 0 Å². The van der Waals surface area contributed by atoms with Gasteiger partial charge in [0.15, 0.2) is 11.5 Å². The molecule has 2 rings (SSSR count). The first-order chi connectivity index (χ1) is 8.46. The number of hydrogen-bond acceptors (Lipinski definition) is 5. The van der Waals surface area contributed by atoms with E-state index in [1.807, 2.05) is 6.07 Å². The Morgan fingerprint density at radius 2 is 2.06 bits per heavy atom. The van der Waals surface area contributed by atoms with Crippen LogP contribution in [0, 0.1) is 5.41 Å². The van der Waals surface area contributed by atoms with Gasteiger partial charge in [-0.15, -0.1) is 0 Å². The average molecular weight is 251 g/mol. The highest BCUT2D eigenvalue weighted by Gasteiger charge is 2.37. The van der Waals surface area contributed by atoms with Crippen molar-refractivity contribution in [1.29, 1.82) is 0 Å². The largest absolute Gasteiger partial charge is 0.469 e. The third-order valence-corrected chi connectivity index (χ3v) is 3.24. The molecule has 0 saturated heterocycles. The lowest BCUT2D eigenvalue weighted by atomic mass is 9.81. The van der Waals surface area contributed by atoms with Crippen LogP contribution in [0.3, 0.4) is 0 Å².